The predicted octanol–water partition coefficient (Wildman–Crippen LogP) is 2.43. The van der Waals surface area contributed by atoms with Crippen molar-refractivity contribution in [1.82, 2.24) is 4.90 Å². The summed E-state index contributed by atoms with van der Waals surface area (Å²) in [4.78, 5) is 2.35. The number of rotatable bonds is 8. The van der Waals surface area contributed by atoms with E-state index in [1.165, 1.54) is 5.56 Å². The number of hydrogen-bond acceptors (Lipinski definition) is 5. The lowest BCUT2D eigenvalue weighted by Gasteiger charge is -2.22. The van der Waals surface area contributed by atoms with Crippen LogP contribution in [0, 0.1) is 0 Å². The molecule has 5 nitrogen and oxygen atoms in total. The van der Waals surface area contributed by atoms with Crippen LogP contribution in [-0.2, 0) is 13.0 Å². The van der Waals surface area contributed by atoms with Crippen molar-refractivity contribution in [3.63, 3.8) is 0 Å². The number of benzene rings is 2. The molecule has 3 rings (SSSR count). The van der Waals surface area contributed by atoms with Crippen LogP contribution in [0.5, 0.6) is 17.2 Å². The third-order valence-corrected chi connectivity index (χ3v) is 4.13. The standard InChI is InChI=1S/C19H24N2O3/c1-22-17-11-16(12-18-19(17)24-14-23-18)13-21(10-8-20)9-7-15-5-3-2-4-6-15/h2-6,11-12H,7-10,13-14,20H2,1H3. The van der Waals surface area contributed by atoms with Gasteiger partial charge in [-0.3, -0.25) is 4.90 Å². The molecular formula is C19H24N2O3. The minimum Gasteiger partial charge on any atom is -0.493 e. The lowest BCUT2D eigenvalue weighted by atomic mass is 10.1. The average molecular weight is 328 g/mol. The molecule has 0 radical (unpaired) electrons. The summed E-state index contributed by atoms with van der Waals surface area (Å²) in [5.41, 5.74) is 8.26. The van der Waals surface area contributed by atoms with Crippen molar-refractivity contribution in [2.75, 3.05) is 33.5 Å². The highest BCUT2D eigenvalue weighted by Crippen LogP contribution is 2.42. The number of hydrogen-bond donors (Lipinski definition) is 1. The molecule has 1 aliphatic rings. The lowest BCUT2D eigenvalue weighted by Crippen LogP contribution is -2.31. The van der Waals surface area contributed by atoms with Crippen LogP contribution in [0.2, 0.25) is 0 Å². The van der Waals surface area contributed by atoms with Crippen LogP contribution >= 0.6 is 0 Å². The van der Waals surface area contributed by atoms with Gasteiger partial charge in [-0.05, 0) is 29.7 Å². The maximum atomic E-state index is 5.79. The van der Waals surface area contributed by atoms with E-state index in [1.54, 1.807) is 7.11 Å². The smallest absolute Gasteiger partial charge is 0.231 e. The van der Waals surface area contributed by atoms with Crippen LogP contribution < -0.4 is 19.9 Å². The molecule has 0 atom stereocenters. The molecule has 0 bridgehead atoms. The molecule has 0 amide bonds. The highest BCUT2D eigenvalue weighted by molar-refractivity contribution is 5.55. The molecule has 24 heavy (non-hydrogen) atoms. The maximum Gasteiger partial charge on any atom is 0.231 e. The summed E-state index contributed by atoms with van der Waals surface area (Å²) in [6.45, 7) is 3.49. The van der Waals surface area contributed by atoms with Crippen LogP contribution in [-0.4, -0.2) is 38.4 Å². The van der Waals surface area contributed by atoms with Gasteiger partial charge in [0.2, 0.25) is 12.5 Å². The largest absolute Gasteiger partial charge is 0.493 e. The van der Waals surface area contributed by atoms with E-state index >= 15 is 0 Å². The summed E-state index contributed by atoms with van der Waals surface area (Å²) in [5, 5.41) is 0. The molecule has 0 saturated carbocycles. The Hall–Kier alpha value is -2.24. The summed E-state index contributed by atoms with van der Waals surface area (Å²) in [7, 11) is 1.65. The van der Waals surface area contributed by atoms with Gasteiger partial charge >= 0.3 is 0 Å². The first-order valence-corrected chi connectivity index (χ1v) is 8.23. The minimum absolute atomic E-state index is 0.246. The SMILES string of the molecule is COc1cc(CN(CCN)CCc2ccccc2)cc2c1OCO2. The summed E-state index contributed by atoms with van der Waals surface area (Å²) in [6, 6.07) is 14.5. The quantitative estimate of drug-likeness (QED) is 0.806. The van der Waals surface area contributed by atoms with E-state index in [9.17, 15) is 0 Å². The van der Waals surface area contributed by atoms with Crippen LogP contribution in [0.25, 0.3) is 0 Å². The Bertz CT molecular complexity index is 661. The number of nitrogens with two attached hydrogens (primary N) is 1. The van der Waals surface area contributed by atoms with Gasteiger partial charge in [0, 0.05) is 26.2 Å². The Morgan fingerprint density at radius 3 is 2.67 bits per heavy atom. The minimum atomic E-state index is 0.246. The van der Waals surface area contributed by atoms with Crippen LogP contribution in [0.1, 0.15) is 11.1 Å². The fraction of sp³-hybridized carbons (Fsp3) is 0.368. The van der Waals surface area contributed by atoms with Crippen LogP contribution in [0.15, 0.2) is 42.5 Å². The molecular weight excluding hydrogens is 304 g/mol. The summed E-state index contributed by atoms with van der Waals surface area (Å²) in [5.74, 6) is 2.16. The third-order valence-electron chi connectivity index (χ3n) is 4.13. The molecule has 0 unspecified atom stereocenters. The van der Waals surface area contributed by atoms with Crippen molar-refractivity contribution in [2.24, 2.45) is 5.73 Å². The van der Waals surface area contributed by atoms with E-state index in [0.29, 0.717) is 12.3 Å². The van der Waals surface area contributed by atoms with Gasteiger partial charge < -0.3 is 19.9 Å². The Morgan fingerprint density at radius 1 is 1.08 bits per heavy atom. The van der Waals surface area contributed by atoms with Gasteiger partial charge in [0.15, 0.2) is 11.5 Å². The zero-order valence-corrected chi connectivity index (χ0v) is 14.0. The van der Waals surface area contributed by atoms with Crippen molar-refractivity contribution in [2.45, 2.75) is 13.0 Å². The zero-order chi connectivity index (χ0) is 16.8. The van der Waals surface area contributed by atoms with E-state index in [-0.39, 0.29) is 6.79 Å². The monoisotopic (exact) mass is 328 g/mol. The van der Waals surface area contributed by atoms with E-state index < -0.39 is 0 Å². The lowest BCUT2D eigenvalue weighted by molar-refractivity contribution is 0.171. The van der Waals surface area contributed by atoms with Crippen LogP contribution in [0.4, 0.5) is 0 Å². The van der Waals surface area contributed by atoms with Crippen LogP contribution in [0.3, 0.4) is 0 Å². The van der Waals surface area contributed by atoms with Gasteiger partial charge in [0.25, 0.3) is 0 Å². The van der Waals surface area contributed by atoms with Gasteiger partial charge in [-0.15, -0.1) is 0 Å². The normalized spacial score (nSPS) is 12.6. The van der Waals surface area contributed by atoms with Crippen molar-refractivity contribution >= 4 is 0 Å². The Morgan fingerprint density at radius 2 is 1.92 bits per heavy atom. The van der Waals surface area contributed by atoms with Gasteiger partial charge in [0.1, 0.15) is 0 Å². The molecule has 0 aromatic heterocycles. The first-order chi connectivity index (χ1) is 11.8. The maximum absolute atomic E-state index is 5.79. The van der Waals surface area contributed by atoms with Crippen molar-refractivity contribution < 1.29 is 14.2 Å². The molecule has 2 aromatic carbocycles. The second kappa shape index (κ2) is 8.04. The molecule has 5 heteroatoms. The third kappa shape index (κ3) is 3.99. The number of ether oxygens (including phenoxy) is 3. The molecule has 0 spiro atoms. The molecule has 0 aliphatic carbocycles. The Labute approximate surface area is 142 Å². The predicted molar refractivity (Wildman–Crippen MR) is 93.6 cm³/mol. The van der Waals surface area contributed by atoms with Gasteiger partial charge in [-0.25, -0.2) is 0 Å². The van der Waals surface area contributed by atoms with Crippen molar-refractivity contribution in [3.05, 3.63) is 53.6 Å². The van der Waals surface area contributed by atoms with Gasteiger partial charge in [-0.1, -0.05) is 30.3 Å². The number of fused-ring (bicyclic) bond motifs is 1. The molecule has 1 aliphatic heterocycles. The van der Waals surface area contributed by atoms with Gasteiger partial charge in [-0.2, -0.15) is 0 Å². The van der Waals surface area contributed by atoms with Crippen molar-refractivity contribution in [3.8, 4) is 17.2 Å². The van der Waals surface area contributed by atoms with E-state index in [1.807, 2.05) is 18.2 Å². The Balaban J connectivity index is 1.69. The van der Waals surface area contributed by atoms with Crippen molar-refractivity contribution in [1.29, 1.82) is 0 Å². The second-order valence-corrected chi connectivity index (χ2v) is 5.83. The molecule has 128 valence electrons. The molecule has 2 aromatic rings. The first-order valence-electron chi connectivity index (χ1n) is 8.23. The molecule has 0 fully saturated rings. The number of nitrogens with zero attached hydrogens (tertiary/aromatic N) is 1. The average Bonchev–Trinajstić information content (AvgIpc) is 3.08. The zero-order valence-electron chi connectivity index (χ0n) is 14.0. The fourth-order valence-electron chi connectivity index (χ4n) is 2.92. The highest BCUT2D eigenvalue weighted by atomic mass is 16.7. The first kappa shape index (κ1) is 16.6. The summed E-state index contributed by atoms with van der Waals surface area (Å²) in [6.07, 6.45) is 1.00. The fourth-order valence-corrected chi connectivity index (χ4v) is 2.92. The highest BCUT2D eigenvalue weighted by Gasteiger charge is 2.20. The Kier molecular flexibility index (Phi) is 5.56. The second-order valence-electron chi connectivity index (χ2n) is 5.83. The summed E-state index contributed by atoms with van der Waals surface area (Å²) >= 11 is 0. The van der Waals surface area contributed by atoms with E-state index in [0.717, 1.165) is 43.1 Å². The topological polar surface area (TPSA) is 57.0 Å². The molecule has 2 N–H and O–H groups in total. The van der Waals surface area contributed by atoms with E-state index in [2.05, 4.69) is 29.2 Å². The van der Waals surface area contributed by atoms with Gasteiger partial charge in [0.05, 0.1) is 7.11 Å². The van der Waals surface area contributed by atoms with E-state index in [4.69, 9.17) is 19.9 Å². The number of methoxy groups -OCH3 is 1. The molecule has 1 heterocycles. The molecule has 0 saturated heterocycles. The summed E-state index contributed by atoms with van der Waals surface area (Å²) < 4.78 is 16.4.